The zero-order valence-electron chi connectivity index (χ0n) is 8.79. The van der Waals surface area contributed by atoms with E-state index in [1.807, 2.05) is 13.0 Å². The van der Waals surface area contributed by atoms with E-state index in [9.17, 15) is 4.79 Å². The maximum absolute atomic E-state index is 10.5. The van der Waals surface area contributed by atoms with Gasteiger partial charge >= 0.3 is 0 Å². The van der Waals surface area contributed by atoms with Gasteiger partial charge in [-0.15, -0.1) is 6.58 Å². The van der Waals surface area contributed by atoms with Crippen molar-refractivity contribution in [1.29, 1.82) is 0 Å². The van der Waals surface area contributed by atoms with Crippen molar-refractivity contribution >= 4 is 5.91 Å². The molecule has 1 atom stereocenters. The number of carbonyl (C=O) groups is 1. The topological polar surface area (TPSA) is 64.3 Å². The Hall–Kier alpha value is -0.870. The second kappa shape index (κ2) is 8.72. The number of primary amides is 1. The Labute approximate surface area is 85.5 Å². The lowest BCUT2D eigenvalue weighted by Gasteiger charge is -2.11. The largest absolute Gasteiger partial charge is 0.380 e. The van der Waals surface area contributed by atoms with Crippen LogP contribution in [0, 0.1) is 0 Å². The van der Waals surface area contributed by atoms with Crippen molar-refractivity contribution in [1.82, 2.24) is 5.32 Å². The molecule has 0 bridgehead atoms. The number of carbonyl (C=O) groups excluding carboxylic acids is 1. The van der Waals surface area contributed by atoms with Crippen LogP contribution in [0.25, 0.3) is 0 Å². The summed E-state index contributed by atoms with van der Waals surface area (Å²) in [5.41, 5.74) is 5.04. The fourth-order valence-corrected chi connectivity index (χ4v) is 1.02. The number of hydrogen-bond donors (Lipinski definition) is 2. The van der Waals surface area contributed by atoms with Gasteiger partial charge in [-0.2, -0.15) is 0 Å². The number of amides is 1. The van der Waals surface area contributed by atoms with Gasteiger partial charge < -0.3 is 15.8 Å². The Bertz CT molecular complexity index is 172. The fraction of sp³-hybridized carbons (Fsp3) is 0.700. The first kappa shape index (κ1) is 13.1. The first-order valence-corrected chi connectivity index (χ1v) is 4.87. The zero-order chi connectivity index (χ0) is 10.8. The third kappa shape index (κ3) is 9.22. The predicted octanol–water partition coefficient (Wildman–Crippen LogP) is 0.433. The van der Waals surface area contributed by atoms with Crippen molar-refractivity contribution in [2.75, 3.05) is 19.8 Å². The van der Waals surface area contributed by atoms with E-state index in [0.29, 0.717) is 19.6 Å². The van der Waals surface area contributed by atoms with Crippen molar-refractivity contribution < 1.29 is 9.53 Å². The third-order valence-corrected chi connectivity index (χ3v) is 1.71. The number of nitrogens with two attached hydrogens (primary N) is 1. The summed E-state index contributed by atoms with van der Waals surface area (Å²) in [6.07, 6.45) is 3.06. The average molecular weight is 200 g/mol. The van der Waals surface area contributed by atoms with Crippen molar-refractivity contribution in [2.24, 2.45) is 5.73 Å². The van der Waals surface area contributed by atoms with Crippen LogP contribution in [-0.4, -0.2) is 31.7 Å². The molecule has 0 rings (SSSR count). The summed E-state index contributed by atoms with van der Waals surface area (Å²) >= 11 is 0. The molecule has 82 valence electrons. The van der Waals surface area contributed by atoms with Gasteiger partial charge in [0, 0.05) is 19.0 Å². The van der Waals surface area contributed by atoms with Crippen molar-refractivity contribution in [3.8, 4) is 0 Å². The molecule has 1 unspecified atom stereocenters. The van der Waals surface area contributed by atoms with E-state index in [1.165, 1.54) is 0 Å². The van der Waals surface area contributed by atoms with E-state index in [4.69, 9.17) is 10.5 Å². The number of rotatable bonds is 9. The Balaban J connectivity index is 3.18. The molecule has 4 heteroatoms. The second-order valence-electron chi connectivity index (χ2n) is 3.22. The molecule has 0 fully saturated rings. The molecular formula is C10H20N2O2. The first-order chi connectivity index (χ1) is 6.66. The molecule has 0 heterocycles. The van der Waals surface area contributed by atoms with Crippen molar-refractivity contribution in [3.63, 3.8) is 0 Å². The van der Waals surface area contributed by atoms with Crippen LogP contribution >= 0.6 is 0 Å². The summed E-state index contributed by atoms with van der Waals surface area (Å²) < 4.78 is 5.28. The van der Waals surface area contributed by atoms with Gasteiger partial charge in [0.1, 0.15) is 0 Å². The predicted molar refractivity (Wildman–Crippen MR) is 56.9 cm³/mol. The molecule has 0 aliphatic rings. The summed E-state index contributed by atoms with van der Waals surface area (Å²) in [5.74, 6) is -0.280. The maximum atomic E-state index is 10.5. The van der Waals surface area contributed by atoms with Gasteiger partial charge in [0.05, 0.1) is 13.2 Å². The van der Waals surface area contributed by atoms with E-state index in [0.717, 1.165) is 13.0 Å². The Morgan fingerprint density at radius 2 is 2.36 bits per heavy atom. The molecule has 0 aliphatic heterocycles. The van der Waals surface area contributed by atoms with Crippen LogP contribution in [0.3, 0.4) is 0 Å². The minimum atomic E-state index is -0.280. The van der Waals surface area contributed by atoms with Gasteiger partial charge in [0.15, 0.2) is 0 Å². The summed E-state index contributed by atoms with van der Waals surface area (Å²) in [5, 5.41) is 3.14. The molecule has 0 saturated heterocycles. The highest BCUT2D eigenvalue weighted by Crippen LogP contribution is 1.88. The summed E-state index contributed by atoms with van der Waals surface area (Å²) in [7, 11) is 0. The van der Waals surface area contributed by atoms with Crippen LogP contribution in [-0.2, 0) is 9.53 Å². The summed E-state index contributed by atoms with van der Waals surface area (Å²) in [6, 6.07) is 0.121. The van der Waals surface area contributed by atoms with Crippen LogP contribution in [0.2, 0.25) is 0 Å². The monoisotopic (exact) mass is 200 g/mol. The van der Waals surface area contributed by atoms with Crippen LogP contribution in [0.15, 0.2) is 12.7 Å². The quantitative estimate of drug-likeness (QED) is 0.419. The molecule has 0 saturated carbocycles. The lowest BCUT2D eigenvalue weighted by molar-refractivity contribution is -0.118. The molecule has 3 N–H and O–H groups in total. The maximum Gasteiger partial charge on any atom is 0.218 e. The first-order valence-electron chi connectivity index (χ1n) is 4.87. The molecule has 0 aromatic carbocycles. The second-order valence-corrected chi connectivity index (χ2v) is 3.22. The van der Waals surface area contributed by atoms with Crippen molar-refractivity contribution in [2.45, 2.75) is 25.8 Å². The summed E-state index contributed by atoms with van der Waals surface area (Å²) in [4.78, 5) is 10.5. The van der Waals surface area contributed by atoms with Crippen LogP contribution in [0.1, 0.15) is 19.8 Å². The van der Waals surface area contributed by atoms with E-state index < -0.39 is 0 Å². The van der Waals surface area contributed by atoms with Gasteiger partial charge in [-0.05, 0) is 13.3 Å². The highest BCUT2D eigenvalue weighted by Gasteiger charge is 2.03. The van der Waals surface area contributed by atoms with Gasteiger partial charge in [0.25, 0.3) is 0 Å². The minimum Gasteiger partial charge on any atom is -0.380 e. The Morgan fingerprint density at radius 1 is 1.64 bits per heavy atom. The van der Waals surface area contributed by atoms with Crippen molar-refractivity contribution in [3.05, 3.63) is 12.7 Å². The summed E-state index contributed by atoms with van der Waals surface area (Å²) in [6.45, 7) is 7.61. The molecule has 14 heavy (non-hydrogen) atoms. The SMILES string of the molecule is C=CCCOCCNC(C)CC(N)=O. The standard InChI is InChI=1S/C10H20N2O2/c1-3-4-6-14-7-5-12-9(2)8-10(11)13/h3,9,12H,1,4-8H2,2H3,(H2,11,13). The molecule has 0 aliphatic carbocycles. The Kier molecular flexibility index (Phi) is 8.17. The molecule has 0 radical (unpaired) electrons. The van der Waals surface area contributed by atoms with Crippen LogP contribution in [0.5, 0.6) is 0 Å². The highest BCUT2D eigenvalue weighted by molar-refractivity contribution is 5.74. The smallest absolute Gasteiger partial charge is 0.218 e. The lowest BCUT2D eigenvalue weighted by atomic mass is 10.2. The van der Waals surface area contributed by atoms with Gasteiger partial charge in [-0.1, -0.05) is 6.08 Å². The number of nitrogens with one attached hydrogen (secondary N) is 1. The van der Waals surface area contributed by atoms with Crippen LogP contribution < -0.4 is 11.1 Å². The zero-order valence-corrected chi connectivity index (χ0v) is 8.79. The lowest BCUT2D eigenvalue weighted by Crippen LogP contribution is -2.33. The minimum absolute atomic E-state index is 0.121. The number of hydrogen-bond acceptors (Lipinski definition) is 3. The third-order valence-electron chi connectivity index (χ3n) is 1.71. The van der Waals surface area contributed by atoms with E-state index in [1.54, 1.807) is 0 Å². The number of ether oxygens (including phenoxy) is 1. The molecule has 1 amide bonds. The van der Waals surface area contributed by atoms with Gasteiger partial charge in [0.2, 0.25) is 5.91 Å². The van der Waals surface area contributed by atoms with E-state index in [-0.39, 0.29) is 11.9 Å². The van der Waals surface area contributed by atoms with Gasteiger partial charge in [-0.3, -0.25) is 4.79 Å². The molecule has 0 spiro atoms. The molecule has 0 aromatic heterocycles. The Morgan fingerprint density at radius 3 is 2.93 bits per heavy atom. The normalized spacial score (nSPS) is 12.4. The highest BCUT2D eigenvalue weighted by atomic mass is 16.5. The van der Waals surface area contributed by atoms with Gasteiger partial charge in [-0.25, -0.2) is 0 Å². The molecule has 4 nitrogen and oxygen atoms in total. The molecular weight excluding hydrogens is 180 g/mol. The molecule has 0 aromatic rings. The van der Waals surface area contributed by atoms with E-state index in [2.05, 4.69) is 11.9 Å². The average Bonchev–Trinajstić information content (AvgIpc) is 2.10. The fourth-order valence-electron chi connectivity index (χ4n) is 1.02. The van der Waals surface area contributed by atoms with Crippen LogP contribution in [0.4, 0.5) is 0 Å². The van der Waals surface area contributed by atoms with E-state index >= 15 is 0 Å².